The second kappa shape index (κ2) is 6.02. The van der Waals surface area contributed by atoms with E-state index in [-0.39, 0.29) is 4.90 Å². The summed E-state index contributed by atoms with van der Waals surface area (Å²) in [6, 6.07) is 8.33. The van der Waals surface area contributed by atoms with Crippen LogP contribution in [0, 0.1) is 0 Å². The second-order valence-electron chi connectivity index (χ2n) is 4.18. The van der Waals surface area contributed by atoms with E-state index >= 15 is 0 Å². The molecule has 18 heavy (non-hydrogen) atoms. The first-order valence-electron chi connectivity index (χ1n) is 5.84. The summed E-state index contributed by atoms with van der Waals surface area (Å²) in [5.41, 5.74) is 0. The van der Waals surface area contributed by atoms with Gasteiger partial charge in [-0.3, -0.25) is 4.90 Å². The van der Waals surface area contributed by atoms with Crippen LogP contribution in [0.1, 0.15) is 0 Å². The van der Waals surface area contributed by atoms with Gasteiger partial charge in [0.05, 0.1) is 18.1 Å². The summed E-state index contributed by atoms with van der Waals surface area (Å²) in [5, 5.41) is 0. The Morgan fingerprint density at radius 2 is 1.83 bits per heavy atom. The average molecular weight is 290 g/mol. The van der Waals surface area contributed by atoms with E-state index in [9.17, 15) is 8.42 Å². The molecular weight excluding hydrogens is 274 g/mol. The Morgan fingerprint density at radius 3 is 2.44 bits per heavy atom. The molecule has 6 heteroatoms. The highest BCUT2D eigenvalue weighted by Crippen LogP contribution is 2.19. The molecule has 0 N–H and O–H groups in total. The zero-order valence-corrected chi connectivity index (χ0v) is 11.5. The van der Waals surface area contributed by atoms with Crippen LogP contribution in [0.2, 0.25) is 0 Å². The molecule has 1 saturated heterocycles. The highest BCUT2D eigenvalue weighted by Gasteiger charge is 2.27. The van der Waals surface area contributed by atoms with Crippen molar-refractivity contribution < 1.29 is 13.2 Å². The first-order chi connectivity index (χ1) is 8.60. The molecule has 0 saturated carbocycles. The van der Waals surface area contributed by atoms with Crippen LogP contribution in [0.4, 0.5) is 0 Å². The Bertz CT molecular complexity index is 471. The van der Waals surface area contributed by atoms with Crippen LogP contribution in [0.3, 0.4) is 0 Å². The largest absolute Gasteiger partial charge is 0.379 e. The number of morpholine rings is 1. The van der Waals surface area contributed by atoms with Crippen molar-refractivity contribution in [3.8, 4) is 0 Å². The van der Waals surface area contributed by atoms with E-state index in [1.54, 1.807) is 30.3 Å². The SMILES string of the molecule is O=S(=O)(c1ccccc1)C(Cl)CN1CCOCC1. The molecule has 0 spiro atoms. The van der Waals surface area contributed by atoms with Crippen molar-refractivity contribution in [3.63, 3.8) is 0 Å². The molecule has 1 aromatic rings. The lowest BCUT2D eigenvalue weighted by molar-refractivity contribution is 0.0398. The summed E-state index contributed by atoms with van der Waals surface area (Å²) < 4.78 is 28.7. The van der Waals surface area contributed by atoms with Gasteiger partial charge in [-0.15, -0.1) is 11.6 Å². The topological polar surface area (TPSA) is 46.6 Å². The first-order valence-corrected chi connectivity index (χ1v) is 7.82. The number of hydrogen-bond acceptors (Lipinski definition) is 4. The van der Waals surface area contributed by atoms with E-state index in [2.05, 4.69) is 0 Å². The maximum absolute atomic E-state index is 12.2. The fourth-order valence-corrected chi connectivity index (χ4v) is 3.59. The van der Waals surface area contributed by atoms with Crippen molar-refractivity contribution in [2.75, 3.05) is 32.8 Å². The Balaban J connectivity index is 2.05. The normalized spacial score (nSPS) is 19.6. The van der Waals surface area contributed by atoms with Gasteiger partial charge in [0.2, 0.25) is 0 Å². The minimum absolute atomic E-state index is 0.276. The van der Waals surface area contributed by atoms with Crippen LogP contribution in [0.5, 0.6) is 0 Å². The van der Waals surface area contributed by atoms with Gasteiger partial charge >= 0.3 is 0 Å². The van der Waals surface area contributed by atoms with Crippen molar-refractivity contribution in [1.29, 1.82) is 0 Å². The maximum atomic E-state index is 12.2. The molecule has 1 fully saturated rings. The molecule has 0 bridgehead atoms. The Labute approximate surface area is 112 Å². The van der Waals surface area contributed by atoms with Crippen LogP contribution in [0.15, 0.2) is 35.2 Å². The molecule has 2 rings (SSSR count). The van der Waals surface area contributed by atoms with Gasteiger partial charge in [-0.05, 0) is 12.1 Å². The molecule has 1 aromatic carbocycles. The number of hydrogen-bond donors (Lipinski definition) is 0. The predicted octanol–water partition coefficient (Wildman–Crippen LogP) is 1.36. The third-order valence-electron chi connectivity index (χ3n) is 2.91. The lowest BCUT2D eigenvalue weighted by atomic mass is 10.4. The first kappa shape index (κ1) is 13.8. The number of halogens is 1. The summed E-state index contributed by atoms with van der Waals surface area (Å²) in [5.74, 6) is 0. The van der Waals surface area contributed by atoms with E-state index in [0.29, 0.717) is 19.8 Å². The quantitative estimate of drug-likeness (QED) is 0.785. The van der Waals surface area contributed by atoms with Crippen molar-refractivity contribution in [2.45, 2.75) is 9.60 Å². The molecule has 100 valence electrons. The summed E-state index contributed by atoms with van der Waals surface area (Å²) in [6.45, 7) is 3.06. The smallest absolute Gasteiger partial charge is 0.196 e. The third kappa shape index (κ3) is 3.23. The van der Waals surface area contributed by atoms with Crippen molar-refractivity contribution in [1.82, 2.24) is 4.90 Å². The number of nitrogens with zero attached hydrogens (tertiary/aromatic N) is 1. The predicted molar refractivity (Wildman–Crippen MR) is 70.5 cm³/mol. The highest BCUT2D eigenvalue weighted by molar-refractivity contribution is 7.93. The van der Waals surface area contributed by atoms with Gasteiger partial charge in [0.25, 0.3) is 0 Å². The number of sulfone groups is 1. The van der Waals surface area contributed by atoms with Gasteiger partial charge < -0.3 is 4.74 Å². The van der Waals surface area contributed by atoms with Crippen LogP contribution >= 0.6 is 11.6 Å². The van der Waals surface area contributed by atoms with Crippen molar-refractivity contribution in [3.05, 3.63) is 30.3 Å². The molecule has 0 radical (unpaired) electrons. The van der Waals surface area contributed by atoms with E-state index in [0.717, 1.165) is 13.1 Å². The molecule has 1 atom stereocenters. The van der Waals surface area contributed by atoms with Gasteiger partial charge in [0.1, 0.15) is 0 Å². The Morgan fingerprint density at radius 1 is 1.22 bits per heavy atom. The molecule has 1 aliphatic heterocycles. The zero-order valence-electron chi connectivity index (χ0n) is 9.96. The zero-order chi connectivity index (χ0) is 13.0. The summed E-state index contributed by atoms with van der Waals surface area (Å²) in [4.78, 5) is 2.29. The number of alkyl halides is 1. The van der Waals surface area contributed by atoms with E-state index in [4.69, 9.17) is 16.3 Å². The molecular formula is C12H16ClNO3S. The summed E-state index contributed by atoms with van der Waals surface area (Å²) >= 11 is 6.07. The standard InChI is InChI=1S/C12H16ClNO3S/c13-12(10-14-6-8-17-9-7-14)18(15,16)11-4-2-1-3-5-11/h1-5,12H,6-10H2. The molecule has 0 amide bonds. The monoisotopic (exact) mass is 289 g/mol. The van der Waals surface area contributed by atoms with E-state index < -0.39 is 14.5 Å². The van der Waals surface area contributed by atoms with Crippen LogP contribution in [0.25, 0.3) is 0 Å². The fourth-order valence-electron chi connectivity index (χ4n) is 1.84. The number of benzene rings is 1. The van der Waals surface area contributed by atoms with Crippen LogP contribution < -0.4 is 0 Å². The molecule has 4 nitrogen and oxygen atoms in total. The van der Waals surface area contributed by atoms with Crippen LogP contribution in [-0.2, 0) is 14.6 Å². The molecule has 1 heterocycles. The lowest BCUT2D eigenvalue weighted by Crippen LogP contribution is -2.41. The van der Waals surface area contributed by atoms with Gasteiger partial charge in [-0.25, -0.2) is 8.42 Å². The van der Waals surface area contributed by atoms with Crippen molar-refractivity contribution >= 4 is 21.4 Å². The molecule has 1 aliphatic rings. The minimum atomic E-state index is -3.46. The van der Waals surface area contributed by atoms with Crippen molar-refractivity contribution in [2.24, 2.45) is 0 Å². The second-order valence-corrected chi connectivity index (χ2v) is 7.10. The summed E-state index contributed by atoms with van der Waals surface area (Å²) in [6.07, 6.45) is 0. The Hall–Kier alpha value is -0.620. The third-order valence-corrected chi connectivity index (χ3v) is 5.51. The summed E-state index contributed by atoms with van der Waals surface area (Å²) in [7, 11) is -3.46. The van der Waals surface area contributed by atoms with E-state index in [1.807, 2.05) is 4.90 Å². The van der Waals surface area contributed by atoms with E-state index in [1.165, 1.54) is 0 Å². The van der Waals surface area contributed by atoms with Gasteiger partial charge in [-0.2, -0.15) is 0 Å². The fraction of sp³-hybridized carbons (Fsp3) is 0.500. The van der Waals surface area contributed by atoms with Gasteiger partial charge in [0.15, 0.2) is 14.5 Å². The van der Waals surface area contributed by atoms with Gasteiger partial charge in [-0.1, -0.05) is 18.2 Å². The Kier molecular flexibility index (Phi) is 4.61. The average Bonchev–Trinajstić information content (AvgIpc) is 2.41. The van der Waals surface area contributed by atoms with Crippen LogP contribution in [-0.4, -0.2) is 50.9 Å². The van der Waals surface area contributed by atoms with Gasteiger partial charge in [0, 0.05) is 19.6 Å². The lowest BCUT2D eigenvalue weighted by Gasteiger charge is -2.28. The maximum Gasteiger partial charge on any atom is 0.196 e. The molecule has 0 aromatic heterocycles. The minimum Gasteiger partial charge on any atom is -0.379 e. The highest BCUT2D eigenvalue weighted by atomic mass is 35.5. The molecule has 1 unspecified atom stereocenters. The number of rotatable bonds is 4. The number of ether oxygens (including phenoxy) is 1. The molecule has 0 aliphatic carbocycles.